The zero-order chi connectivity index (χ0) is 12.6. The molecule has 2 N–H and O–H groups in total. The molecule has 92 valence electrons. The molecule has 5 nitrogen and oxygen atoms in total. The quantitative estimate of drug-likeness (QED) is 0.676. The van der Waals surface area contributed by atoms with E-state index in [0.717, 1.165) is 10.9 Å². The topological polar surface area (TPSA) is 92.5 Å². The van der Waals surface area contributed by atoms with E-state index < -0.39 is 11.3 Å². The fourth-order valence-electron chi connectivity index (χ4n) is 0.686. The van der Waals surface area contributed by atoms with Crippen LogP contribution in [0.3, 0.4) is 0 Å². The maximum atomic E-state index is 11.2. The second-order valence-corrected chi connectivity index (χ2v) is 4.87. The summed E-state index contributed by atoms with van der Waals surface area (Å²) in [7, 11) is 0. The van der Waals surface area contributed by atoms with Crippen LogP contribution in [0.15, 0.2) is 15.9 Å². The molecule has 0 bridgehead atoms. The Kier molecular flexibility index (Phi) is 8.67. The van der Waals surface area contributed by atoms with Crippen LogP contribution in [0.4, 0.5) is 0 Å². The third-order valence-corrected chi connectivity index (χ3v) is 2.88. The van der Waals surface area contributed by atoms with Crippen molar-refractivity contribution >= 4 is 44.5 Å². The highest BCUT2D eigenvalue weighted by molar-refractivity contribution is 9.10. The predicted molar refractivity (Wildman–Crippen MR) is 65.7 cm³/mol. The summed E-state index contributed by atoms with van der Waals surface area (Å²) in [6.07, 6.45) is 0.859. The van der Waals surface area contributed by atoms with Crippen molar-refractivity contribution in [3.63, 3.8) is 0 Å². The van der Waals surface area contributed by atoms with Gasteiger partial charge in [0.05, 0.1) is 6.61 Å². The van der Waals surface area contributed by atoms with Gasteiger partial charge in [-0.05, 0) is 28.4 Å². The fourth-order valence-corrected chi connectivity index (χ4v) is 2.00. The Morgan fingerprint density at radius 1 is 1.75 bits per heavy atom. The number of rotatable bonds is 3. The first-order valence-corrected chi connectivity index (χ1v) is 7.03. The number of esters is 1. The van der Waals surface area contributed by atoms with Gasteiger partial charge in [-0.2, -0.15) is 0 Å². The van der Waals surface area contributed by atoms with Crippen molar-refractivity contribution in [2.24, 2.45) is 5.14 Å². The lowest BCUT2D eigenvalue weighted by atomic mass is 10.5. The number of nitrogens with two attached hydrogens (primary N) is 1. The van der Waals surface area contributed by atoms with E-state index in [4.69, 9.17) is 13.5 Å². The van der Waals surface area contributed by atoms with Crippen LogP contribution in [0.1, 0.15) is 23.0 Å². The van der Waals surface area contributed by atoms with Crippen molar-refractivity contribution in [2.45, 2.75) is 13.3 Å². The summed E-state index contributed by atoms with van der Waals surface area (Å²) in [4.78, 5) is 11.8. The molecule has 0 aliphatic carbocycles. The summed E-state index contributed by atoms with van der Waals surface area (Å²) in [5, 5.41) is 5.89. The number of ether oxygens (including phenoxy) is 1. The van der Waals surface area contributed by atoms with Gasteiger partial charge in [0.25, 0.3) is 0 Å². The molecule has 16 heavy (non-hydrogen) atoms. The minimum atomic E-state index is -2.36. The summed E-state index contributed by atoms with van der Waals surface area (Å²) < 4.78 is 23.4. The second kappa shape index (κ2) is 8.82. The van der Waals surface area contributed by atoms with Gasteiger partial charge in [0.15, 0.2) is 0 Å². The Bertz CT molecular complexity index is 352. The molecule has 1 unspecified atom stereocenters. The first-order valence-electron chi connectivity index (χ1n) is 4.22. The maximum Gasteiger partial charge on any atom is 0.348 e. The maximum absolute atomic E-state index is 11.2. The molecule has 1 rings (SSSR count). The van der Waals surface area contributed by atoms with Crippen LogP contribution in [0.2, 0.25) is 0 Å². The largest absolute Gasteiger partial charge is 0.760 e. The van der Waals surface area contributed by atoms with E-state index >= 15 is 0 Å². The molecule has 1 heterocycles. The number of hydrogen-bond acceptors (Lipinski definition) is 5. The molecule has 0 spiro atoms. The third-order valence-electron chi connectivity index (χ3n) is 1.21. The van der Waals surface area contributed by atoms with E-state index in [-0.39, 0.29) is 5.97 Å². The number of thiophene rings is 1. The normalized spacial score (nSPS) is 11.2. The highest BCUT2D eigenvalue weighted by Gasteiger charge is 2.08. The Balaban J connectivity index is 0.000000487. The number of hydrogen-bond donors (Lipinski definition) is 1. The van der Waals surface area contributed by atoms with Gasteiger partial charge in [0, 0.05) is 21.1 Å². The van der Waals surface area contributed by atoms with Crippen LogP contribution < -0.4 is 5.14 Å². The molecule has 0 aliphatic rings. The SMILES string of the molecule is CCCOC(=O)c1cc(Br)cs1.NS(=O)[O-]. The summed E-state index contributed by atoms with van der Waals surface area (Å²) >= 11 is 2.30. The van der Waals surface area contributed by atoms with E-state index in [1.54, 1.807) is 6.07 Å². The van der Waals surface area contributed by atoms with Gasteiger partial charge in [0.1, 0.15) is 4.88 Å². The van der Waals surface area contributed by atoms with E-state index in [9.17, 15) is 4.79 Å². The summed E-state index contributed by atoms with van der Waals surface area (Å²) in [5.41, 5.74) is 0. The average Bonchev–Trinajstić information content (AvgIpc) is 2.60. The van der Waals surface area contributed by atoms with Gasteiger partial charge >= 0.3 is 5.97 Å². The van der Waals surface area contributed by atoms with Crippen LogP contribution in [-0.2, 0) is 16.0 Å². The van der Waals surface area contributed by atoms with E-state index in [1.165, 1.54) is 11.3 Å². The van der Waals surface area contributed by atoms with Gasteiger partial charge in [0.2, 0.25) is 0 Å². The van der Waals surface area contributed by atoms with Crippen molar-refractivity contribution in [2.75, 3.05) is 6.61 Å². The summed E-state index contributed by atoms with van der Waals surface area (Å²) in [6, 6.07) is 1.77. The predicted octanol–water partition coefficient (Wildman–Crippen LogP) is 1.82. The summed E-state index contributed by atoms with van der Waals surface area (Å²) in [5.74, 6) is -0.229. The van der Waals surface area contributed by atoms with Crippen LogP contribution in [0.25, 0.3) is 0 Å². The van der Waals surface area contributed by atoms with Gasteiger partial charge in [-0.1, -0.05) is 6.92 Å². The van der Waals surface area contributed by atoms with Crippen LogP contribution in [-0.4, -0.2) is 21.3 Å². The Labute approximate surface area is 109 Å². The molecule has 0 aromatic carbocycles. The molecule has 8 heteroatoms. The molecule has 1 atom stereocenters. The molecule has 0 amide bonds. The van der Waals surface area contributed by atoms with Crippen molar-refractivity contribution in [3.8, 4) is 0 Å². The lowest BCUT2D eigenvalue weighted by Gasteiger charge is -1.98. The highest BCUT2D eigenvalue weighted by atomic mass is 79.9. The minimum Gasteiger partial charge on any atom is -0.760 e. The van der Waals surface area contributed by atoms with Gasteiger partial charge in [-0.25, -0.2) is 4.79 Å². The van der Waals surface area contributed by atoms with Crippen molar-refractivity contribution in [1.82, 2.24) is 0 Å². The van der Waals surface area contributed by atoms with Gasteiger partial charge in [-0.3, -0.25) is 9.35 Å². The summed E-state index contributed by atoms with van der Waals surface area (Å²) in [6.45, 7) is 2.46. The van der Waals surface area contributed by atoms with Crippen molar-refractivity contribution in [3.05, 3.63) is 20.8 Å². The first-order chi connectivity index (χ1) is 7.47. The van der Waals surface area contributed by atoms with Crippen LogP contribution >= 0.6 is 27.3 Å². The average molecular weight is 329 g/mol. The molecule has 0 aliphatic heterocycles. The molecule has 1 aromatic heterocycles. The fraction of sp³-hybridized carbons (Fsp3) is 0.375. The Morgan fingerprint density at radius 3 is 2.69 bits per heavy atom. The monoisotopic (exact) mass is 328 g/mol. The standard InChI is InChI=1S/C8H9BrO2S.H3NO2S/c1-2-3-11-8(10)7-4-6(9)5-12-7;1-4(2)3/h4-5H,2-3H2,1H3;1H2,(H,2,3)/p-1. The zero-order valence-electron chi connectivity index (χ0n) is 8.47. The highest BCUT2D eigenvalue weighted by Crippen LogP contribution is 2.20. The van der Waals surface area contributed by atoms with Crippen LogP contribution in [0, 0.1) is 0 Å². The van der Waals surface area contributed by atoms with Gasteiger partial charge < -0.3 is 9.29 Å². The smallest absolute Gasteiger partial charge is 0.348 e. The molecule has 0 saturated carbocycles. The molecule has 1 aromatic rings. The molecular weight excluding hydrogens is 318 g/mol. The molecule has 0 fully saturated rings. The number of carbonyl (C=O) groups is 1. The second-order valence-electron chi connectivity index (χ2n) is 2.53. The molecule has 0 saturated heterocycles. The molecular formula is C8H11BrNO4S2-. The van der Waals surface area contributed by atoms with Crippen LogP contribution in [0.5, 0.6) is 0 Å². The zero-order valence-corrected chi connectivity index (χ0v) is 11.7. The third kappa shape index (κ3) is 7.94. The lowest BCUT2D eigenvalue weighted by molar-refractivity contribution is 0.0511. The first kappa shape index (κ1) is 15.7. The van der Waals surface area contributed by atoms with E-state index in [2.05, 4.69) is 21.1 Å². The Morgan fingerprint density at radius 2 is 2.31 bits per heavy atom. The Hall–Kier alpha value is -0.280. The number of halogens is 1. The number of carbonyl (C=O) groups excluding carboxylic acids is 1. The van der Waals surface area contributed by atoms with Crippen molar-refractivity contribution in [1.29, 1.82) is 0 Å². The van der Waals surface area contributed by atoms with E-state index in [0.29, 0.717) is 11.5 Å². The lowest BCUT2D eigenvalue weighted by Crippen LogP contribution is -2.03. The minimum absolute atomic E-state index is 0.229. The van der Waals surface area contributed by atoms with E-state index in [1.807, 2.05) is 12.3 Å². The molecule has 0 radical (unpaired) electrons. The van der Waals surface area contributed by atoms with Gasteiger partial charge in [-0.15, -0.1) is 11.3 Å². The van der Waals surface area contributed by atoms with Crippen molar-refractivity contribution < 1.29 is 18.3 Å².